The molecule has 1 saturated heterocycles. The summed E-state index contributed by atoms with van der Waals surface area (Å²) in [5, 5.41) is 0.203. The molecule has 0 unspecified atom stereocenters. The van der Waals surface area contributed by atoms with E-state index in [9.17, 15) is 8.78 Å². The van der Waals surface area contributed by atoms with E-state index in [-0.39, 0.29) is 5.39 Å². The summed E-state index contributed by atoms with van der Waals surface area (Å²) in [6, 6.07) is 2.64. The molecule has 0 atom stereocenters. The molecule has 1 aromatic heterocycles. The first-order valence-electron chi connectivity index (χ1n) is 9.53. The Hall–Kier alpha value is -1.40. The normalized spacial score (nSPS) is 16.7. The van der Waals surface area contributed by atoms with E-state index in [0.29, 0.717) is 11.0 Å². The summed E-state index contributed by atoms with van der Waals surface area (Å²) in [5.74, 6) is -1.76. The van der Waals surface area contributed by atoms with Crippen LogP contribution in [0.1, 0.15) is 69.2 Å². The molecule has 0 bridgehead atoms. The summed E-state index contributed by atoms with van der Waals surface area (Å²) < 4.78 is 39.2. The number of benzene rings is 1. The second kappa shape index (κ2) is 10.1. The van der Waals surface area contributed by atoms with Gasteiger partial charge in [0.15, 0.2) is 11.6 Å². The van der Waals surface area contributed by atoms with E-state index in [0.717, 1.165) is 6.07 Å². The van der Waals surface area contributed by atoms with Gasteiger partial charge in [-0.1, -0.05) is 41.5 Å². The maximum Gasteiger partial charge on any atom is 0.497 e. The quantitative estimate of drug-likeness (QED) is 0.643. The monoisotopic (exact) mass is 369 g/mol. The molecule has 6 heteroatoms. The zero-order valence-corrected chi connectivity index (χ0v) is 17.9. The van der Waals surface area contributed by atoms with Crippen LogP contribution in [0.3, 0.4) is 0 Å². The molecule has 0 radical (unpaired) electrons. The molecular weight excluding hydrogens is 335 g/mol. The number of fused-ring (bicyclic) bond motifs is 1. The Kier molecular flexibility index (Phi) is 9.53. The molecule has 0 spiro atoms. The van der Waals surface area contributed by atoms with Crippen molar-refractivity contribution in [2.45, 2.75) is 80.4 Å². The molecule has 0 saturated carbocycles. The van der Waals surface area contributed by atoms with Gasteiger partial charge in [0, 0.05) is 22.6 Å². The first-order valence-corrected chi connectivity index (χ1v) is 9.53. The van der Waals surface area contributed by atoms with Gasteiger partial charge in [0.1, 0.15) is 0 Å². The van der Waals surface area contributed by atoms with Gasteiger partial charge in [-0.2, -0.15) is 0 Å². The number of halogens is 2. The molecule has 2 aromatic rings. The second-order valence-corrected chi connectivity index (χ2v) is 6.12. The van der Waals surface area contributed by atoms with Crippen molar-refractivity contribution >= 4 is 23.5 Å². The molecule has 26 heavy (non-hydrogen) atoms. The lowest BCUT2D eigenvalue weighted by Gasteiger charge is -2.32. The standard InChI is InChI=1S/C14H16BF2NO2.3C2H6/c1-13(2)14(3,4)20-15(19-13)9-7-10(16)11(17)8-5-6-18-12(8)9;3*1-2/h5-7,18H,1-4H3;3*1-2H3. The third kappa shape index (κ3) is 4.66. The molecule has 3 nitrogen and oxygen atoms in total. The molecular formula is C20H34BF2NO2. The Morgan fingerprint density at radius 3 is 1.81 bits per heavy atom. The number of H-pyrrole nitrogens is 1. The van der Waals surface area contributed by atoms with Crippen molar-refractivity contribution in [2.75, 3.05) is 0 Å². The Morgan fingerprint density at radius 2 is 1.35 bits per heavy atom. The number of rotatable bonds is 1. The number of nitrogens with one attached hydrogen (secondary N) is 1. The van der Waals surface area contributed by atoms with Crippen molar-refractivity contribution in [2.24, 2.45) is 0 Å². The highest BCUT2D eigenvalue weighted by Crippen LogP contribution is 2.37. The predicted octanol–water partition coefficient (Wildman–Crippen LogP) is 5.82. The summed E-state index contributed by atoms with van der Waals surface area (Å²) in [7, 11) is -0.726. The van der Waals surface area contributed by atoms with Gasteiger partial charge in [-0.3, -0.25) is 0 Å². The predicted molar refractivity (Wildman–Crippen MR) is 108 cm³/mol. The van der Waals surface area contributed by atoms with Crippen LogP contribution in [0.25, 0.3) is 10.9 Å². The fourth-order valence-electron chi connectivity index (χ4n) is 2.35. The highest BCUT2D eigenvalue weighted by atomic mass is 19.2. The average molecular weight is 369 g/mol. The van der Waals surface area contributed by atoms with Crippen molar-refractivity contribution < 1.29 is 18.1 Å². The summed E-state index contributed by atoms with van der Waals surface area (Å²) >= 11 is 0. The smallest absolute Gasteiger partial charge is 0.399 e. The van der Waals surface area contributed by atoms with E-state index in [1.54, 1.807) is 6.20 Å². The van der Waals surface area contributed by atoms with Gasteiger partial charge in [-0.25, -0.2) is 8.78 Å². The third-order valence-electron chi connectivity index (χ3n) is 4.27. The van der Waals surface area contributed by atoms with Crippen molar-refractivity contribution in [3.05, 3.63) is 30.0 Å². The number of hydrogen-bond donors (Lipinski definition) is 1. The first-order chi connectivity index (χ1) is 12.2. The fourth-order valence-corrected chi connectivity index (χ4v) is 2.35. The SMILES string of the molecule is CC.CC.CC.CC1(C)OB(c2cc(F)c(F)c3cc[nH]c23)OC1(C)C. The Morgan fingerprint density at radius 1 is 0.885 bits per heavy atom. The maximum absolute atomic E-state index is 13.7. The van der Waals surface area contributed by atoms with Gasteiger partial charge in [0.05, 0.1) is 11.2 Å². The van der Waals surface area contributed by atoms with Gasteiger partial charge in [-0.05, 0) is 39.8 Å². The first kappa shape index (κ1) is 24.6. The Labute approximate surface area is 157 Å². The number of hydrogen-bond acceptors (Lipinski definition) is 2. The minimum atomic E-state index is -0.901. The molecule has 1 aliphatic heterocycles. The summed E-state index contributed by atoms with van der Waals surface area (Å²) in [4.78, 5) is 2.92. The van der Waals surface area contributed by atoms with Crippen LogP contribution in [-0.2, 0) is 9.31 Å². The van der Waals surface area contributed by atoms with Gasteiger partial charge in [0.2, 0.25) is 0 Å². The van der Waals surface area contributed by atoms with Crippen LogP contribution in [0.5, 0.6) is 0 Å². The minimum absolute atomic E-state index is 0.203. The molecule has 1 aliphatic rings. The van der Waals surface area contributed by atoms with Gasteiger partial charge in [0.25, 0.3) is 0 Å². The molecule has 148 valence electrons. The van der Waals surface area contributed by atoms with Crippen LogP contribution < -0.4 is 5.46 Å². The van der Waals surface area contributed by atoms with Crippen LogP contribution in [0, 0.1) is 11.6 Å². The number of aromatic amines is 1. The lowest BCUT2D eigenvalue weighted by molar-refractivity contribution is 0.00578. The van der Waals surface area contributed by atoms with Crippen LogP contribution >= 0.6 is 0 Å². The van der Waals surface area contributed by atoms with Crippen molar-refractivity contribution in [3.63, 3.8) is 0 Å². The van der Waals surface area contributed by atoms with Gasteiger partial charge in [-0.15, -0.1) is 0 Å². The van der Waals surface area contributed by atoms with Crippen LogP contribution in [0.4, 0.5) is 8.78 Å². The lowest BCUT2D eigenvalue weighted by atomic mass is 9.77. The summed E-state index contributed by atoms with van der Waals surface area (Å²) in [6.07, 6.45) is 1.57. The third-order valence-corrected chi connectivity index (χ3v) is 4.27. The Bertz CT molecular complexity index is 668. The van der Waals surface area contributed by atoms with Crippen LogP contribution in [0.2, 0.25) is 0 Å². The summed E-state index contributed by atoms with van der Waals surface area (Å²) in [6.45, 7) is 19.7. The molecule has 2 heterocycles. The summed E-state index contributed by atoms with van der Waals surface area (Å²) in [5.41, 5.74) is -0.0759. The zero-order valence-electron chi connectivity index (χ0n) is 17.9. The van der Waals surface area contributed by atoms with Crippen molar-refractivity contribution in [1.82, 2.24) is 4.98 Å². The van der Waals surface area contributed by atoms with E-state index in [4.69, 9.17) is 9.31 Å². The molecule has 0 amide bonds. The average Bonchev–Trinajstić information content (AvgIpc) is 3.19. The van der Waals surface area contributed by atoms with E-state index >= 15 is 0 Å². The van der Waals surface area contributed by atoms with Crippen molar-refractivity contribution in [1.29, 1.82) is 0 Å². The van der Waals surface area contributed by atoms with E-state index in [1.165, 1.54) is 6.07 Å². The van der Waals surface area contributed by atoms with E-state index < -0.39 is 30.0 Å². The highest BCUT2D eigenvalue weighted by molar-refractivity contribution is 6.65. The highest BCUT2D eigenvalue weighted by Gasteiger charge is 2.52. The topological polar surface area (TPSA) is 34.2 Å². The number of aromatic nitrogens is 1. The molecule has 1 N–H and O–H groups in total. The maximum atomic E-state index is 13.7. The van der Waals surface area contributed by atoms with E-state index in [2.05, 4.69) is 4.98 Å². The van der Waals surface area contributed by atoms with E-state index in [1.807, 2.05) is 69.2 Å². The minimum Gasteiger partial charge on any atom is -0.399 e. The lowest BCUT2D eigenvalue weighted by Crippen LogP contribution is -2.41. The fraction of sp³-hybridized carbons (Fsp3) is 0.600. The molecule has 3 rings (SSSR count). The molecule has 1 fully saturated rings. The van der Waals surface area contributed by atoms with Crippen LogP contribution in [-0.4, -0.2) is 23.3 Å². The van der Waals surface area contributed by atoms with Gasteiger partial charge >= 0.3 is 7.12 Å². The van der Waals surface area contributed by atoms with Crippen LogP contribution in [0.15, 0.2) is 18.3 Å². The molecule has 1 aromatic carbocycles. The second-order valence-electron chi connectivity index (χ2n) is 6.12. The van der Waals surface area contributed by atoms with Crippen molar-refractivity contribution in [3.8, 4) is 0 Å². The molecule has 0 aliphatic carbocycles. The Balaban J connectivity index is 0.000000948. The largest absolute Gasteiger partial charge is 0.497 e. The zero-order chi connectivity index (χ0) is 20.7. The van der Waals surface area contributed by atoms with Gasteiger partial charge < -0.3 is 14.3 Å².